The second-order valence-electron chi connectivity index (χ2n) is 6.64. The van der Waals surface area contributed by atoms with Crippen molar-refractivity contribution in [2.24, 2.45) is 5.92 Å². The molecule has 5 nitrogen and oxygen atoms in total. The molecule has 1 heterocycles. The number of carbonyl (C=O) groups is 1. The Kier molecular flexibility index (Phi) is 6.90. The van der Waals surface area contributed by atoms with E-state index in [1.165, 1.54) is 25.7 Å². The highest BCUT2D eigenvalue weighted by Crippen LogP contribution is 2.33. The molecule has 1 saturated heterocycles. The lowest BCUT2D eigenvalue weighted by Gasteiger charge is -2.24. The molecular formula is C18H27ClN2O3. The fourth-order valence-corrected chi connectivity index (χ4v) is 3.79. The van der Waals surface area contributed by atoms with Gasteiger partial charge in [-0.3, -0.25) is 4.79 Å². The number of rotatable bonds is 5. The monoisotopic (exact) mass is 354 g/mol. The first-order chi connectivity index (χ1) is 11.2. The number of aliphatic hydroxyl groups excluding tert-OH is 1. The van der Waals surface area contributed by atoms with Gasteiger partial charge in [-0.05, 0) is 42.9 Å². The quantitative estimate of drug-likeness (QED) is 0.758. The van der Waals surface area contributed by atoms with Gasteiger partial charge in [-0.15, -0.1) is 12.4 Å². The van der Waals surface area contributed by atoms with Gasteiger partial charge in [-0.25, -0.2) is 0 Å². The molecule has 1 aliphatic heterocycles. The number of benzene rings is 1. The lowest BCUT2D eigenvalue weighted by atomic mass is 9.85. The highest BCUT2D eigenvalue weighted by atomic mass is 35.5. The number of fused-ring (bicyclic) bond motifs is 1. The third kappa shape index (κ3) is 4.41. The van der Waals surface area contributed by atoms with Crippen LogP contribution in [0, 0.1) is 5.92 Å². The Balaban J connectivity index is 0.00000208. The molecule has 1 aliphatic carbocycles. The first-order valence-corrected chi connectivity index (χ1v) is 8.53. The lowest BCUT2D eigenvalue weighted by Crippen LogP contribution is -2.44. The summed E-state index contributed by atoms with van der Waals surface area (Å²) in [7, 11) is 1.61. The van der Waals surface area contributed by atoms with Crippen molar-refractivity contribution in [1.82, 2.24) is 10.6 Å². The van der Waals surface area contributed by atoms with E-state index in [2.05, 4.69) is 10.6 Å². The Morgan fingerprint density at radius 3 is 2.71 bits per heavy atom. The Morgan fingerprint density at radius 1 is 1.33 bits per heavy atom. The van der Waals surface area contributed by atoms with Crippen molar-refractivity contribution in [3.63, 3.8) is 0 Å². The molecule has 4 unspecified atom stereocenters. The Labute approximate surface area is 149 Å². The van der Waals surface area contributed by atoms with Crippen molar-refractivity contribution in [2.75, 3.05) is 13.7 Å². The van der Waals surface area contributed by atoms with E-state index in [4.69, 9.17) is 4.74 Å². The van der Waals surface area contributed by atoms with Crippen LogP contribution < -0.4 is 15.4 Å². The van der Waals surface area contributed by atoms with Crippen LogP contribution in [0.1, 0.15) is 43.8 Å². The second kappa shape index (κ2) is 8.70. The van der Waals surface area contributed by atoms with Gasteiger partial charge in [0.15, 0.2) is 0 Å². The van der Waals surface area contributed by atoms with Gasteiger partial charge in [0.1, 0.15) is 5.75 Å². The minimum atomic E-state index is -0.700. The highest BCUT2D eigenvalue weighted by molar-refractivity contribution is 5.85. The molecule has 1 amide bonds. The zero-order chi connectivity index (χ0) is 16.2. The third-order valence-electron chi connectivity index (χ3n) is 5.15. The van der Waals surface area contributed by atoms with Gasteiger partial charge in [0.2, 0.25) is 5.91 Å². The Bertz CT molecular complexity index is 524. The standard InChI is InChI=1S/C18H26N2O3.ClH/c1-23-14-8-6-12(7-9-14)17(21)11-19-18(22)16-10-13-4-2-3-5-15(13)20-16;/h6-9,13,15-17,20-21H,2-5,10-11H2,1H3,(H,19,22);1H. The molecule has 1 saturated carbocycles. The molecule has 0 radical (unpaired) electrons. The number of hydrogen-bond donors (Lipinski definition) is 3. The molecule has 24 heavy (non-hydrogen) atoms. The van der Waals surface area contributed by atoms with E-state index in [1.54, 1.807) is 7.11 Å². The topological polar surface area (TPSA) is 70.6 Å². The lowest BCUT2D eigenvalue weighted by molar-refractivity contribution is -0.123. The molecule has 0 aromatic heterocycles. The molecule has 134 valence electrons. The fourth-order valence-electron chi connectivity index (χ4n) is 3.79. The van der Waals surface area contributed by atoms with Crippen LogP contribution in [0.15, 0.2) is 24.3 Å². The number of methoxy groups -OCH3 is 1. The largest absolute Gasteiger partial charge is 0.497 e. The van der Waals surface area contributed by atoms with Gasteiger partial charge in [0.25, 0.3) is 0 Å². The number of ether oxygens (including phenoxy) is 1. The zero-order valence-electron chi connectivity index (χ0n) is 14.0. The summed E-state index contributed by atoms with van der Waals surface area (Å²) in [6.07, 6.45) is 5.19. The smallest absolute Gasteiger partial charge is 0.237 e. The molecule has 4 atom stereocenters. The molecule has 0 bridgehead atoms. The van der Waals surface area contributed by atoms with Crippen molar-refractivity contribution in [3.05, 3.63) is 29.8 Å². The van der Waals surface area contributed by atoms with Crippen LogP contribution in [-0.4, -0.2) is 36.8 Å². The van der Waals surface area contributed by atoms with Crippen molar-refractivity contribution in [3.8, 4) is 5.75 Å². The third-order valence-corrected chi connectivity index (χ3v) is 5.15. The van der Waals surface area contributed by atoms with Gasteiger partial charge in [0.05, 0.1) is 19.3 Å². The zero-order valence-corrected chi connectivity index (χ0v) is 14.8. The van der Waals surface area contributed by atoms with Crippen LogP contribution >= 0.6 is 12.4 Å². The highest BCUT2D eigenvalue weighted by Gasteiger charge is 2.38. The molecular weight excluding hydrogens is 328 g/mol. The van der Waals surface area contributed by atoms with E-state index in [0.717, 1.165) is 17.7 Å². The SMILES string of the molecule is COc1ccc(C(O)CNC(=O)C2CC3CCCCC3N2)cc1.Cl. The maximum atomic E-state index is 12.3. The predicted molar refractivity (Wildman–Crippen MR) is 95.5 cm³/mol. The van der Waals surface area contributed by atoms with Crippen LogP contribution in [0.4, 0.5) is 0 Å². The summed E-state index contributed by atoms with van der Waals surface area (Å²) in [5.41, 5.74) is 0.777. The number of nitrogens with one attached hydrogen (secondary N) is 2. The van der Waals surface area contributed by atoms with E-state index in [0.29, 0.717) is 12.0 Å². The summed E-state index contributed by atoms with van der Waals surface area (Å²) in [5, 5.41) is 16.5. The van der Waals surface area contributed by atoms with E-state index >= 15 is 0 Å². The Hall–Kier alpha value is -1.30. The average molecular weight is 355 g/mol. The minimum Gasteiger partial charge on any atom is -0.497 e. The molecule has 1 aromatic carbocycles. The van der Waals surface area contributed by atoms with Gasteiger partial charge < -0.3 is 20.5 Å². The van der Waals surface area contributed by atoms with Crippen LogP contribution in [0.5, 0.6) is 5.75 Å². The number of aliphatic hydroxyl groups is 1. The van der Waals surface area contributed by atoms with Crippen molar-refractivity contribution >= 4 is 18.3 Å². The Morgan fingerprint density at radius 2 is 2.04 bits per heavy atom. The van der Waals surface area contributed by atoms with E-state index in [9.17, 15) is 9.90 Å². The van der Waals surface area contributed by atoms with E-state index < -0.39 is 6.10 Å². The minimum absolute atomic E-state index is 0. The van der Waals surface area contributed by atoms with E-state index in [1.807, 2.05) is 24.3 Å². The second-order valence-corrected chi connectivity index (χ2v) is 6.64. The van der Waals surface area contributed by atoms with Crippen LogP contribution in [0.2, 0.25) is 0 Å². The maximum absolute atomic E-state index is 12.3. The van der Waals surface area contributed by atoms with Crippen molar-refractivity contribution < 1.29 is 14.6 Å². The first-order valence-electron chi connectivity index (χ1n) is 8.53. The molecule has 1 aromatic rings. The van der Waals surface area contributed by atoms with E-state index in [-0.39, 0.29) is 30.9 Å². The van der Waals surface area contributed by atoms with Gasteiger partial charge in [-0.2, -0.15) is 0 Å². The molecule has 3 N–H and O–H groups in total. The summed E-state index contributed by atoms with van der Waals surface area (Å²) in [5.74, 6) is 1.40. The van der Waals surface area contributed by atoms with Gasteiger partial charge in [0, 0.05) is 12.6 Å². The summed E-state index contributed by atoms with van der Waals surface area (Å²) in [6, 6.07) is 7.65. The number of hydrogen-bond acceptors (Lipinski definition) is 4. The summed E-state index contributed by atoms with van der Waals surface area (Å²) in [6.45, 7) is 0.235. The molecule has 0 spiro atoms. The first kappa shape index (κ1) is 19.0. The summed E-state index contributed by atoms with van der Waals surface area (Å²) >= 11 is 0. The number of carbonyl (C=O) groups excluding carboxylic acids is 1. The van der Waals surface area contributed by atoms with Crippen LogP contribution in [-0.2, 0) is 4.79 Å². The molecule has 2 fully saturated rings. The molecule has 2 aliphatic rings. The van der Waals surface area contributed by atoms with Crippen LogP contribution in [0.25, 0.3) is 0 Å². The van der Waals surface area contributed by atoms with Crippen molar-refractivity contribution in [1.29, 1.82) is 0 Å². The summed E-state index contributed by atoms with van der Waals surface area (Å²) in [4.78, 5) is 12.3. The summed E-state index contributed by atoms with van der Waals surface area (Å²) < 4.78 is 5.10. The predicted octanol–water partition coefficient (Wildman–Crippen LogP) is 2.19. The number of halogens is 1. The number of amides is 1. The van der Waals surface area contributed by atoms with Crippen molar-refractivity contribution in [2.45, 2.75) is 50.3 Å². The normalized spacial score (nSPS) is 26.8. The average Bonchev–Trinajstić information content (AvgIpc) is 3.03. The maximum Gasteiger partial charge on any atom is 0.237 e. The fraction of sp³-hybridized carbons (Fsp3) is 0.611. The molecule has 3 rings (SSSR count). The molecule has 6 heteroatoms. The van der Waals surface area contributed by atoms with Gasteiger partial charge >= 0.3 is 0 Å². The van der Waals surface area contributed by atoms with Crippen LogP contribution in [0.3, 0.4) is 0 Å². The van der Waals surface area contributed by atoms with Gasteiger partial charge in [-0.1, -0.05) is 25.0 Å².